The normalized spacial score (nSPS) is 16.3. The second-order valence-electron chi connectivity index (χ2n) is 3.33. The van der Waals surface area contributed by atoms with Crippen LogP contribution in [0.4, 0.5) is 0 Å². The van der Waals surface area contributed by atoms with E-state index in [2.05, 4.69) is 0 Å². The van der Waals surface area contributed by atoms with Crippen LogP contribution in [-0.4, -0.2) is 11.8 Å². The Bertz CT molecular complexity index is 343. The van der Waals surface area contributed by atoms with Gasteiger partial charge in [0.15, 0.2) is 5.75 Å². The van der Waals surface area contributed by atoms with Gasteiger partial charge in [-0.05, 0) is 32.1 Å². The molecule has 14 heavy (non-hydrogen) atoms. The molecular formula is C11H13NO2. The van der Waals surface area contributed by atoms with Crippen molar-refractivity contribution in [1.82, 2.24) is 5.23 Å². The third-order valence-electron chi connectivity index (χ3n) is 2.00. The first-order valence-electron chi connectivity index (χ1n) is 4.61. The van der Waals surface area contributed by atoms with E-state index in [0.717, 1.165) is 11.5 Å². The van der Waals surface area contributed by atoms with Gasteiger partial charge in [-0.1, -0.05) is 17.7 Å². The molecule has 0 spiro atoms. The summed E-state index contributed by atoms with van der Waals surface area (Å²) in [7, 11) is 0. The highest BCUT2D eigenvalue weighted by Gasteiger charge is 2.13. The molecule has 74 valence electrons. The highest BCUT2D eigenvalue weighted by atomic mass is 17.0. The fourth-order valence-electron chi connectivity index (χ4n) is 1.21. The third-order valence-corrected chi connectivity index (χ3v) is 2.00. The Labute approximate surface area is 83.5 Å². The van der Waals surface area contributed by atoms with E-state index in [-0.39, 0.29) is 0 Å². The second-order valence-corrected chi connectivity index (χ2v) is 3.33. The standard InChI is InChI=1S/C11H13NO2/c1-9-3-5-11(6-4-9)14-12-8-7-10(2)13-12/h3-7H,8H2,1-2H3. The molecule has 0 fully saturated rings. The lowest BCUT2D eigenvalue weighted by Crippen LogP contribution is -2.22. The van der Waals surface area contributed by atoms with Gasteiger partial charge in [0, 0.05) is 5.23 Å². The van der Waals surface area contributed by atoms with Crippen molar-refractivity contribution in [2.45, 2.75) is 13.8 Å². The van der Waals surface area contributed by atoms with Crippen molar-refractivity contribution in [3.05, 3.63) is 41.7 Å². The molecule has 0 radical (unpaired) electrons. The molecule has 3 nitrogen and oxygen atoms in total. The number of nitrogens with zero attached hydrogens (tertiary/aromatic N) is 1. The van der Waals surface area contributed by atoms with Crippen molar-refractivity contribution in [3.63, 3.8) is 0 Å². The molecule has 1 aliphatic rings. The lowest BCUT2D eigenvalue weighted by molar-refractivity contribution is -0.274. The minimum Gasteiger partial charge on any atom is -0.376 e. The number of benzene rings is 1. The van der Waals surface area contributed by atoms with Gasteiger partial charge in [0.25, 0.3) is 0 Å². The van der Waals surface area contributed by atoms with Gasteiger partial charge < -0.3 is 9.68 Å². The van der Waals surface area contributed by atoms with Gasteiger partial charge >= 0.3 is 0 Å². The van der Waals surface area contributed by atoms with Crippen LogP contribution in [0.5, 0.6) is 5.75 Å². The third kappa shape index (κ3) is 2.06. The van der Waals surface area contributed by atoms with Crippen molar-refractivity contribution in [1.29, 1.82) is 0 Å². The molecular weight excluding hydrogens is 178 g/mol. The zero-order valence-corrected chi connectivity index (χ0v) is 8.36. The minimum absolute atomic E-state index is 0.666. The second kappa shape index (κ2) is 3.72. The zero-order chi connectivity index (χ0) is 9.97. The molecule has 0 atom stereocenters. The van der Waals surface area contributed by atoms with Crippen LogP contribution < -0.4 is 4.84 Å². The van der Waals surface area contributed by atoms with Crippen molar-refractivity contribution in [3.8, 4) is 5.75 Å². The summed E-state index contributed by atoms with van der Waals surface area (Å²) in [4.78, 5) is 10.7. The molecule has 0 amide bonds. The summed E-state index contributed by atoms with van der Waals surface area (Å²) in [6.07, 6.45) is 1.97. The first kappa shape index (κ1) is 9.09. The molecule has 0 bridgehead atoms. The fraction of sp³-hybridized carbons (Fsp3) is 0.273. The van der Waals surface area contributed by atoms with Gasteiger partial charge in [-0.2, -0.15) is 0 Å². The van der Waals surface area contributed by atoms with Crippen molar-refractivity contribution in [2.24, 2.45) is 0 Å². The summed E-state index contributed by atoms with van der Waals surface area (Å²) in [5.74, 6) is 1.66. The van der Waals surface area contributed by atoms with Gasteiger partial charge in [-0.25, -0.2) is 0 Å². The fourth-order valence-corrected chi connectivity index (χ4v) is 1.21. The first-order chi connectivity index (χ1) is 6.74. The summed E-state index contributed by atoms with van der Waals surface area (Å²) < 4.78 is 0. The van der Waals surface area contributed by atoms with Gasteiger partial charge in [0.05, 0.1) is 6.54 Å². The average molecular weight is 191 g/mol. The maximum absolute atomic E-state index is 5.46. The van der Waals surface area contributed by atoms with Crippen LogP contribution in [0.1, 0.15) is 12.5 Å². The van der Waals surface area contributed by atoms with E-state index >= 15 is 0 Å². The molecule has 1 heterocycles. The number of hydrogen-bond acceptors (Lipinski definition) is 3. The topological polar surface area (TPSA) is 21.7 Å². The minimum atomic E-state index is 0.666. The summed E-state index contributed by atoms with van der Waals surface area (Å²) in [6.45, 7) is 4.61. The first-order valence-corrected chi connectivity index (χ1v) is 4.61. The van der Waals surface area contributed by atoms with Crippen LogP contribution in [0.3, 0.4) is 0 Å². The number of rotatable bonds is 2. The largest absolute Gasteiger partial charge is 0.376 e. The summed E-state index contributed by atoms with van der Waals surface area (Å²) >= 11 is 0. The van der Waals surface area contributed by atoms with Crippen LogP contribution in [-0.2, 0) is 4.84 Å². The molecule has 1 aromatic rings. The molecule has 0 aliphatic carbocycles. The van der Waals surface area contributed by atoms with Crippen molar-refractivity contribution >= 4 is 0 Å². The molecule has 0 saturated heterocycles. The summed E-state index contributed by atoms with van der Waals surface area (Å²) in [5, 5.41) is 1.46. The highest BCUT2D eigenvalue weighted by molar-refractivity contribution is 5.26. The molecule has 0 aromatic heterocycles. The number of allylic oxidation sites excluding steroid dienone is 1. The SMILES string of the molecule is CC1=CCN(Oc2ccc(C)cc2)O1. The summed E-state index contributed by atoms with van der Waals surface area (Å²) in [6, 6.07) is 7.86. The Hall–Kier alpha value is -1.48. The Balaban J connectivity index is 1.95. The van der Waals surface area contributed by atoms with Crippen molar-refractivity contribution in [2.75, 3.05) is 6.54 Å². The average Bonchev–Trinajstić information content (AvgIpc) is 2.56. The smallest absolute Gasteiger partial charge is 0.151 e. The van der Waals surface area contributed by atoms with Gasteiger partial charge in [0.2, 0.25) is 0 Å². The van der Waals surface area contributed by atoms with E-state index in [9.17, 15) is 0 Å². The predicted molar refractivity (Wildman–Crippen MR) is 53.4 cm³/mol. The Morgan fingerprint density at radius 3 is 2.50 bits per heavy atom. The lowest BCUT2D eigenvalue weighted by atomic mass is 10.2. The Kier molecular flexibility index (Phi) is 2.41. The van der Waals surface area contributed by atoms with E-state index < -0.39 is 0 Å². The van der Waals surface area contributed by atoms with Crippen LogP contribution in [0.25, 0.3) is 0 Å². The van der Waals surface area contributed by atoms with Crippen molar-refractivity contribution < 1.29 is 9.68 Å². The maximum Gasteiger partial charge on any atom is 0.151 e. The molecule has 0 saturated carbocycles. The van der Waals surface area contributed by atoms with E-state index in [1.165, 1.54) is 10.8 Å². The number of aryl methyl sites for hydroxylation is 1. The van der Waals surface area contributed by atoms with E-state index in [4.69, 9.17) is 9.68 Å². The number of hydroxylamine groups is 2. The molecule has 0 N–H and O–H groups in total. The van der Waals surface area contributed by atoms with Gasteiger partial charge in [-0.15, -0.1) is 0 Å². The Morgan fingerprint density at radius 2 is 1.93 bits per heavy atom. The van der Waals surface area contributed by atoms with Crippen LogP contribution in [0.15, 0.2) is 36.1 Å². The van der Waals surface area contributed by atoms with Crippen LogP contribution >= 0.6 is 0 Å². The highest BCUT2D eigenvalue weighted by Crippen LogP contribution is 2.17. The lowest BCUT2D eigenvalue weighted by Gasteiger charge is -2.15. The van der Waals surface area contributed by atoms with Gasteiger partial charge in [0.1, 0.15) is 5.76 Å². The van der Waals surface area contributed by atoms with Crippen LogP contribution in [0, 0.1) is 6.92 Å². The molecule has 2 rings (SSSR count). The molecule has 1 aromatic carbocycles. The Morgan fingerprint density at radius 1 is 1.21 bits per heavy atom. The predicted octanol–water partition coefficient (Wildman–Crippen LogP) is 2.44. The molecule has 0 unspecified atom stereocenters. The quantitative estimate of drug-likeness (QED) is 0.716. The van der Waals surface area contributed by atoms with E-state index in [0.29, 0.717) is 6.54 Å². The molecule has 3 heteroatoms. The summed E-state index contributed by atoms with van der Waals surface area (Å²) in [5.41, 5.74) is 1.22. The molecule has 1 aliphatic heterocycles. The van der Waals surface area contributed by atoms with E-state index in [1.54, 1.807) is 0 Å². The maximum atomic E-state index is 5.46. The number of hydrogen-bond donors (Lipinski definition) is 0. The van der Waals surface area contributed by atoms with E-state index in [1.807, 2.05) is 44.2 Å². The zero-order valence-electron chi connectivity index (χ0n) is 8.36. The van der Waals surface area contributed by atoms with Gasteiger partial charge in [-0.3, -0.25) is 0 Å². The monoisotopic (exact) mass is 191 g/mol. The van der Waals surface area contributed by atoms with Crippen LogP contribution in [0.2, 0.25) is 0 Å².